The summed E-state index contributed by atoms with van der Waals surface area (Å²) >= 11 is 0. The van der Waals surface area contributed by atoms with E-state index in [-0.39, 0.29) is 5.82 Å². The minimum Gasteiger partial charge on any atom is -0.455 e. The number of halogens is 1. The van der Waals surface area contributed by atoms with Gasteiger partial charge >= 0.3 is 0 Å². The van der Waals surface area contributed by atoms with Gasteiger partial charge in [0.25, 0.3) is 0 Å². The summed E-state index contributed by atoms with van der Waals surface area (Å²) < 4.78 is 21.9. The molecule has 2 heterocycles. The van der Waals surface area contributed by atoms with Crippen LogP contribution in [0.25, 0.3) is 44.0 Å². The number of aromatic nitrogens is 1. The molecule has 0 N–H and O–H groups in total. The lowest BCUT2D eigenvalue weighted by molar-refractivity contribution is -0.659. The van der Waals surface area contributed by atoms with E-state index in [2.05, 4.69) is 54.1 Å². The first kappa shape index (κ1) is 15.1. The van der Waals surface area contributed by atoms with Crippen molar-refractivity contribution < 1.29 is 13.4 Å². The van der Waals surface area contributed by atoms with Gasteiger partial charge in [-0.05, 0) is 36.1 Å². The molecule has 0 unspecified atom stereocenters. The Kier molecular flexibility index (Phi) is 3.13. The molecule has 0 spiro atoms. The molecule has 0 saturated heterocycles. The van der Waals surface area contributed by atoms with Gasteiger partial charge in [-0.1, -0.05) is 30.3 Å². The predicted octanol–water partition coefficient (Wildman–Crippen LogP) is 5.68. The number of hydrogen-bond donors (Lipinski definition) is 0. The number of nitrogens with zero attached hydrogens (tertiary/aromatic N) is 1. The second kappa shape index (κ2) is 5.40. The molecule has 3 heteroatoms. The quantitative estimate of drug-likeness (QED) is 0.358. The summed E-state index contributed by atoms with van der Waals surface area (Å²) in [6.45, 7) is 2.09. The van der Waals surface area contributed by atoms with E-state index in [1.54, 1.807) is 6.07 Å². The molecule has 0 saturated carbocycles. The number of benzene rings is 3. The van der Waals surface area contributed by atoms with E-state index >= 15 is 0 Å². The lowest BCUT2D eigenvalue weighted by Gasteiger charge is -2.08. The molecule has 2 nitrogen and oxygen atoms in total. The van der Waals surface area contributed by atoms with Gasteiger partial charge < -0.3 is 4.42 Å². The minimum absolute atomic E-state index is 0.287. The molecular weight excluding hydrogens is 325 g/mol. The van der Waals surface area contributed by atoms with Crippen LogP contribution < -0.4 is 4.57 Å². The van der Waals surface area contributed by atoms with Crippen molar-refractivity contribution in [3.8, 4) is 11.3 Å². The predicted molar refractivity (Wildman–Crippen MR) is 103 cm³/mol. The third kappa shape index (κ3) is 2.07. The fraction of sp³-hybridized carbons (Fsp3) is 0.0870. The molecular formula is C23H17FNO+. The molecule has 0 atom stereocenters. The van der Waals surface area contributed by atoms with Crippen LogP contribution in [0.1, 0.15) is 5.56 Å². The highest BCUT2D eigenvalue weighted by molar-refractivity contribution is 6.11. The molecule has 0 radical (unpaired) electrons. The third-order valence-electron chi connectivity index (χ3n) is 5.09. The van der Waals surface area contributed by atoms with Gasteiger partial charge in [0.2, 0.25) is 5.69 Å². The van der Waals surface area contributed by atoms with Crippen LogP contribution in [0.5, 0.6) is 0 Å². The van der Waals surface area contributed by atoms with E-state index in [1.807, 2.05) is 13.1 Å². The Morgan fingerprint density at radius 3 is 2.58 bits per heavy atom. The van der Waals surface area contributed by atoms with E-state index in [9.17, 15) is 4.39 Å². The maximum atomic E-state index is 13.7. The van der Waals surface area contributed by atoms with Crippen molar-refractivity contribution in [2.45, 2.75) is 6.92 Å². The largest absolute Gasteiger partial charge is 0.455 e. The lowest BCUT2D eigenvalue weighted by Crippen LogP contribution is -2.30. The molecule has 0 aliphatic carbocycles. The van der Waals surface area contributed by atoms with Crippen LogP contribution >= 0.6 is 0 Å². The van der Waals surface area contributed by atoms with E-state index in [0.717, 1.165) is 33.2 Å². The molecule has 2 aromatic heterocycles. The van der Waals surface area contributed by atoms with Crippen molar-refractivity contribution in [1.29, 1.82) is 0 Å². The van der Waals surface area contributed by atoms with Crippen molar-refractivity contribution in [2.24, 2.45) is 7.05 Å². The van der Waals surface area contributed by atoms with Gasteiger partial charge in [-0.2, -0.15) is 0 Å². The molecule has 3 aromatic carbocycles. The van der Waals surface area contributed by atoms with Gasteiger partial charge in [0.05, 0.1) is 10.9 Å². The summed E-state index contributed by atoms with van der Waals surface area (Å²) in [7, 11) is 2.04. The number of hydrogen-bond acceptors (Lipinski definition) is 1. The second-order valence-electron chi connectivity index (χ2n) is 6.74. The van der Waals surface area contributed by atoms with Gasteiger partial charge in [0.1, 0.15) is 24.0 Å². The van der Waals surface area contributed by atoms with Crippen molar-refractivity contribution in [2.75, 3.05) is 0 Å². The SMILES string of the molecule is Cc1ccc2c(oc3cc(F)ccc32)c1-c1c2ccccc2cc[n+]1C. The van der Waals surface area contributed by atoms with Crippen LogP contribution in [0.4, 0.5) is 4.39 Å². The smallest absolute Gasteiger partial charge is 0.224 e. The zero-order valence-electron chi connectivity index (χ0n) is 14.6. The molecule has 0 bridgehead atoms. The topological polar surface area (TPSA) is 17.0 Å². The van der Waals surface area contributed by atoms with Gasteiger partial charge in [-0.25, -0.2) is 8.96 Å². The number of aryl methyl sites for hydroxylation is 2. The second-order valence-corrected chi connectivity index (χ2v) is 6.74. The summed E-state index contributed by atoms with van der Waals surface area (Å²) in [6, 6.07) is 19.3. The maximum absolute atomic E-state index is 13.7. The first-order valence-electron chi connectivity index (χ1n) is 8.62. The molecule has 0 amide bonds. The molecule has 0 aliphatic heterocycles. The Morgan fingerprint density at radius 1 is 0.885 bits per heavy atom. The fourth-order valence-corrected chi connectivity index (χ4v) is 3.83. The average molecular weight is 342 g/mol. The summed E-state index contributed by atoms with van der Waals surface area (Å²) in [4.78, 5) is 0. The number of rotatable bonds is 1. The van der Waals surface area contributed by atoms with Crippen LogP contribution in [0, 0.1) is 12.7 Å². The van der Waals surface area contributed by atoms with Crippen LogP contribution in [0.2, 0.25) is 0 Å². The first-order chi connectivity index (χ1) is 12.6. The van der Waals surface area contributed by atoms with E-state index < -0.39 is 0 Å². The first-order valence-corrected chi connectivity index (χ1v) is 8.62. The number of fused-ring (bicyclic) bond motifs is 4. The van der Waals surface area contributed by atoms with Crippen LogP contribution in [-0.2, 0) is 7.05 Å². The van der Waals surface area contributed by atoms with E-state index in [4.69, 9.17) is 4.42 Å². The highest BCUT2D eigenvalue weighted by atomic mass is 19.1. The Bertz CT molecular complexity index is 1320. The minimum atomic E-state index is -0.287. The highest BCUT2D eigenvalue weighted by Gasteiger charge is 2.23. The third-order valence-corrected chi connectivity index (χ3v) is 5.09. The molecule has 5 aromatic rings. The zero-order valence-corrected chi connectivity index (χ0v) is 14.6. The van der Waals surface area contributed by atoms with Crippen molar-refractivity contribution in [1.82, 2.24) is 0 Å². The Hall–Kier alpha value is -3.20. The van der Waals surface area contributed by atoms with Crippen molar-refractivity contribution in [3.63, 3.8) is 0 Å². The van der Waals surface area contributed by atoms with Gasteiger partial charge in [0, 0.05) is 22.9 Å². The average Bonchev–Trinajstić information content (AvgIpc) is 3.00. The molecule has 0 fully saturated rings. The molecule has 5 rings (SSSR count). The van der Waals surface area contributed by atoms with Gasteiger partial charge in [-0.15, -0.1) is 0 Å². The molecule has 126 valence electrons. The van der Waals surface area contributed by atoms with E-state index in [1.165, 1.54) is 22.9 Å². The summed E-state index contributed by atoms with van der Waals surface area (Å²) in [5, 5.41) is 4.29. The normalized spacial score (nSPS) is 11.7. The van der Waals surface area contributed by atoms with Crippen LogP contribution in [0.15, 0.2) is 71.3 Å². The Morgan fingerprint density at radius 2 is 1.69 bits per heavy atom. The Balaban J connectivity index is 1.98. The fourth-order valence-electron chi connectivity index (χ4n) is 3.83. The van der Waals surface area contributed by atoms with Crippen molar-refractivity contribution in [3.05, 3.63) is 78.2 Å². The number of pyridine rings is 1. The Labute approximate surface area is 150 Å². The highest BCUT2D eigenvalue weighted by Crippen LogP contribution is 2.38. The molecule has 26 heavy (non-hydrogen) atoms. The number of furan rings is 1. The van der Waals surface area contributed by atoms with Gasteiger partial charge in [-0.3, -0.25) is 0 Å². The van der Waals surface area contributed by atoms with Crippen molar-refractivity contribution >= 4 is 32.7 Å². The maximum Gasteiger partial charge on any atom is 0.224 e. The van der Waals surface area contributed by atoms with Crippen LogP contribution in [0.3, 0.4) is 0 Å². The monoisotopic (exact) mass is 342 g/mol. The van der Waals surface area contributed by atoms with E-state index in [0.29, 0.717) is 5.58 Å². The summed E-state index contributed by atoms with van der Waals surface area (Å²) in [5.74, 6) is -0.287. The van der Waals surface area contributed by atoms with Gasteiger partial charge in [0.15, 0.2) is 6.20 Å². The van der Waals surface area contributed by atoms with Crippen LogP contribution in [-0.4, -0.2) is 0 Å². The molecule has 0 aliphatic rings. The lowest BCUT2D eigenvalue weighted by atomic mass is 9.97. The summed E-state index contributed by atoms with van der Waals surface area (Å²) in [5.41, 5.74) is 4.67. The summed E-state index contributed by atoms with van der Waals surface area (Å²) in [6.07, 6.45) is 2.07. The standard InChI is InChI=1S/C23H17FNO/c1-14-7-9-19-18-10-8-16(24)13-20(18)26-23(19)21(14)22-17-6-4-3-5-15(17)11-12-25(22)2/h3-13H,1-2H3/q+1. The zero-order chi connectivity index (χ0) is 17.8.